The van der Waals surface area contributed by atoms with E-state index in [1.807, 2.05) is 65.2 Å². The smallest absolute Gasteiger partial charge is 0.275 e. The number of aryl methyl sites for hydroxylation is 1. The van der Waals surface area contributed by atoms with Crippen LogP contribution >= 0.6 is 23.6 Å². The lowest BCUT2D eigenvalue weighted by molar-refractivity contribution is 0.958. The molecule has 0 aliphatic carbocycles. The van der Waals surface area contributed by atoms with Crippen LogP contribution in [0, 0.1) is 22.2 Å². The van der Waals surface area contributed by atoms with Crippen molar-refractivity contribution in [2.75, 3.05) is 0 Å². The van der Waals surface area contributed by atoms with Crippen molar-refractivity contribution in [3.05, 3.63) is 86.1 Å². The van der Waals surface area contributed by atoms with Crippen LogP contribution in [0.15, 0.2) is 65.5 Å². The highest BCUT2D eigenvalue weighted by Crippen LogP contribution is 2.31. The molecule has 126 valence electrons. The summed E-state index contributed by atoms with van der Waals surface area (Å²) in [5, 5.41) is 9.53. The summed E-state index contributed by atoms with van der Waals surface area (Å²) in [7, 11) is 0. The van der Waals surface area contributed by atoms with Crippen molar-refractivity contribution in [1.82, 2.24) is 9.13 Å². The second-order valence-electron chi connectivity index (χ2n) is 5.78. The van der Waals surface area contributed by atoms with Crippen molar-refractivity contribution in [2.45, 2.75) is 6.92 Å². The molecule has 0 spiro atoms. The van der Waals surface area contributed by atoms with Gasteiger partial charge in [0.15, 0.2) is 3.95 Å². The normalized spacial score (nSPS) is 10.8. The fourth-order valence-electron chi connectivity index (χ4n) is 3.05. The number of nitrogens with zero attached hydrogens (tertiary/aromatic N) is 3. The first-order valence-corrected chi connectivity index (χ1v) is 9.18. The highest BCUT2D eigenvalue weighted by molar-refractivity contribution is 7.73. The summed E-state index contributed by atoms with van der Waals surface area (Å²) in [6.45, 7) is 1.80. The third-order valence-corrected chi connectivity index (χ3v) is 5.75. The molecule has 0 N–H and O–H groups in total. The van der Waals surface area contributed by atoms with E-state index in [0.717, 1.165) is 10.4 Å². The fourth-order valence-corrected chi connectivity index (χ4v) is 4.48. The second-order valence-corrected chi connectivity index (χ2v) is 7.42. The molecule has 6 heteroatoms. The van der Waals surface area contributed by atoms with Crippen LogP contribution in [0.1, 0.15) is 11.1 Å². The number of fused-ring (bicyclic) bond motifs is 1. The van der Waals surface area contributed by atoms with Gasteiger partial charge >= 0.3 is 0 Å². The van der Waals surface area contributed by atoms with E-state index in [-0.39, 0.29) is 11.1 Å². The first-order valence-electron chi connectivity index (χ1n) is 7.95. The maximum atomic E-state index is 13.1. The minimum atomic E-state index is -0.332. The van der Waals surface area contributed by atoms with E-state index < -0.39 is 0 Å². The predicted octanol–water partition coefficient (Wildman–Crippen LogP) is 4.75. The Morgan fingerprint density at radius 1 is 0.962 bits per heavy atom. The first-order chi connectivity index (χ1) is 12.6. The fraction of sp³-hybridized carbons (Fsp3) is 0.0500. The van der Waals surface area contributed by atoms with E-state index >= 15 is 0 Å². The zero-order valence-electron chi connectivity index (χ0n) is 13.8. The Balaban J connectivity index is 2.27. The molecule has 2 heterocycles. The van der Waals surface area contributed by atoms with Gasteiger partial charge in [-0.05, 0) is 49.0 Å². The average molecular weight is 375 g/mol. The molecule has 4 aromatic rings. The Labute approximate surface area is 158 Å². The Kier molecular flexibility index (Phi) is 4.03. The third-order valence-electron chi connectivity index (χ3n) is 4.27. The lowest BCUT2D eigenvalue weighted by Gasteiger charge is -2.14. The number of thiazole rings is 1. The summed E-state index contributed by atoms with van der Waals surface area (Å²) < 4.78 is 4.96. The van der Waals surface area contributed by atoms with Crippen molar-refractivity contribution < 1.29 is 0 Å². The van der Waals surface area contributed by atoms with Gasteiger partial charge in [-0.1, -0.05) is 36.4 Å². The zero-order chi connectivity index (χ0) is 18.3. The Bertz CT molecular complexity index is 1280. The van der Waals surface area contributed by atoms with E-state index in [9.17, 15) is 10.1 Å². The molecule has 0 bridgehead atoms. The standard InChI is InChI=1S/C20H13N3OS2/c1-13-16(12-21)19(24)22(14-8-4-2-5-9-14)18-17(13)26-20(25)23(18)15-10-6-3-7-11-15/h2-11H,1H3. The van der Waals surface area contributed by atoms with Crippen LogP contribution in [0.5, 0.6) is 0 Å². The Morgan fingerprint density at radius 3 is 2.04 bits per heavy atom. The summed E-state index contributed by atoms with van der Waals surface area (Å²) in [5.41, 5.74) is 2.77. The average Bonchev–Trinajstić information content (AvgIpc) is 3.01. The third kappa shape index (κ3) is 2.41. The number of nitriles is 1. The number of rotatable bonds is 2. The van der Waals surface area contributed by atoms with Crippen molar-refractivity contribution >= 4 is 33.9 Å². The molecule has 0 unspecified atom stereocenters. The van der Waals surface area contributed by atoms with Gasteiger partial charge in [0.2, 0.25) is 0 Å². The van der Waals surface area contributed by atoms with Crippen molar-refractivity contribution in [3.63, 3.8) is 0 Å². The van der Waals surface area contributed by atoms with E-state index in [2.05, 4.69) is 6.07 Å². The lowest BCUT2D eigenvalue weighted by atomic mass is 10.1. The van der Waals surface area contributed by atoms with Crippen molar-refractivity contribution in [3.8, 4) is 17.4 Å². The van der Waals surface area contributed by atoms with Gasteiger partial charge in [-0.2, -0.15) is 5.26 Å². The molecule has 0 atom stereocenters. The molecule has 2 aromatic heterocycles. The number of hydrogen-bond donors (Lipinski definition) is 0. The summed E-state index contributed by atoms with van der Waals surface area (Å²) >= 11 is 7.02. The minimum absolute atomic E-state index is 0.151. The van der Waals surface area contributed by atoms with E-state index in [1.165, 1.54) is 11.3 Å². The summed E-state index contributed by atoms with van der Waals surface area (Å²) in [5.74, 6) is 0. The molecule has 26 heavy (non-hydrogen) atoms. The monoisotopic (exact) mass is 375 g/mol. The van der Waals surface area contributed by atoms with Crippen molar-refractivity contribution in [1.29, 1.82) is 5.26 Å². The van der Waals surface area contributed by atoms with Crippen molar-refractivity contribution in [2.24, 2.45) is 0 Å². The maximum Gasteiger partial charge on any atom is 0.275 e. The van der Waals surface area contributed by atoms with Crippen LogP contribution < -0.4 is 5.56 Å². The molecule has 4 nitrogen and oxygen atoms in total. The van der Waals surface area contributed by atoms with Gasteiger partial charge in [-0.3, -0.25) is 13.9 Å². The van der Waals surface area contributed by atoms with Crippen LogP contribution in [0.3, 0.4) is 0 Å². The predicted molar refractivity (Wildman–Crippen MR) is 107 cm³/mol. The number of hydrogen-bond acceptors (Lipinski definition) is 4. The number of aromatic nitrogens is 2. The van der Waals surface area contributed by atoms with Crippen LogP contribution in [0.25, 0.3) is 21.7 Å². The van der Waals surface area contributed by atoms with Gasteiger partial charge < -0.3 is 0 Å². The largest absolute Gasteiger partial charge is 0.277 e. The van der Waals surface area contributed by atoms with Crippen LogP contribution in [0.4, 0.5) is 0 Å². The number of para-hydroxylation sites is 2. The SMILES string of the molecule is Cc1c(C#N)c(=O)n(-c2ccccc2)c2c1sc(=S)n2-c1ccccc1. The van der Waals surface area contributed by atoms with Crippen LogP contribution in [-0.4, -0.2) is 9.13 Å². The number of benzene rings is 2. The molecule has 0 aliphatic rings. The van der Waals surface area contributed by atoms with Gasteiger partial charge in [-0.15, -0.1) is 11.3 Å². The quantitative estimate of drug-likeness (QED) is 0.475. The molecule has 0 fully saturated rings. The second kappa shape index (κ2) is 6.37. The van der Waals surface area contributed by atoms with Gasteiger partial charge in [0.1, 0.15) is 17.3 Å². The summed E-state index contributed by atoms with van der Waals surface area (Å²) in [4.78, 5) is 13.1. The molecular weight excluding hydrogens is 362 g/mol. The Morgan fingerprint density at radius 2 is 1.50 bits per heavy atom. The molecule has 0 aliphatic heterocycles. The van der Waals surface area contributed by atoms with E-state index in [4.69, 9.17) is 12.2 Å². The highest BCUT2D eigenvalue weighted by Gasteiger charge is 2.20. The molecular formula is C20H13N3OS2. The van der Waals surface area contributed by atoms with Gasteiger partial charge in [-0.25, -0.2) is 0 Å². The van der Waals surface area contributed by atoms with E-state index in [1.54, 1.807) is 11.5 Å². The molecule has 2 aromatic carbocycles. The Hall–Kier alpha value is -3.01. The number of pyridine rings is 1. The van der Waals surface area contributed by atoms with Gasteiger partial charge in [0.05, 0.1) is 10.4 Å². The molecule has 0 saturated carbocycles. The zero-order valence-corrected chi connectivity index (χ0v) is 15.5. The van der Waals surface area contributed by atoms with Crippen LogP contribution in [-0.2, 0) is 0 Å². The molecule has 4 rings (SSSR count). The molecule has 0 radical (unpaired) electrons. The van der Waals surface area contributed by atoms with Gasteiger partial charge in [0.25, 0.3) is 5.56 Å². The minimum Gasteiger partial charge on any atom is -0.277 e. The highest BCUT2D eigenvalue weighted by atomic mass is 32.1. The van der Waals surface area contributed by atoms with E-state index in [0.29, 0.717) is 20.9 Å². The summed E-state index contributed by atoms with van der Waals surface area (Å²) in [6.07, 6.45) is 0. The molecule has 0 saturated heterocycles. The topological polar surface area (TPSA) is 50.7 Å². The maximum absolute atomic E-state index is 13.1. The van der Waals surface area contributed by atoms with Crippen LogP contribution in [0.2, 0.25) is 0 Å². The van der Waals surface area contributed by atoms with Gasteiger partial charge in [0, 0.05) is 5.69 Å². The molecule has 0 amide bonds. The first kappa shape index (κ1) is 16.5. The summed E-state index contributed by atoms with van der Waals surface area (Å²) in [6, 6.07) is 21.1. The lowest BCUT2D eigenvalue weighted by Crippen LogP contribution is -2.24.